The Kier molecular flexibility index (Phi) is 3.67. The average Bonchev–Trinajstić information content (AvgIpc) is 2.08. The molecule has 0 amide bonds. The third kappa shape index (κ3) is 1.81. The zero-order chi connectivity index (χ0) is 10.6. The molecule has 14 heavy (non-hydrogen) atoms. The Morgan fingerprint density at radius 2 is 2.21 bits per heavy atom. The maximum Gasteiger partial charge on any atom is 0.310 e. The lowest BCUT2D eigenvalue weighted by Gasteiger charge is -2.41. The smallest absolute Gasteiger partial charge is 0.310 e. The minimum Gasteiger partial charge on any atom is -0.481 e. The maximum absolute atomic E-state index is 11.1. The van der Waals surface area contributed by atoms with Gasteiger partial charge in [-0.05, 0) is 19.3 Å². The van der Waals surface area contributed by atoms with Crippen LogP contribution in [0.5, 0.6) is 0 Å². The molecule has 0 aromatic carbocycles. The van der Waals surface area contributed by atoms with Gasteiger partial charge in [0.05, 0.1) is 5.41 Å². The molecule has 1 fully saturated rings. The topological polar surface area (TPSA) is 54.4 Å². The van der Waals surface area contributed by atoms with Crippen LogP contribution >= 0.6 is 0 Å². The molecule has 3 nitrogen and oxygen atoms in total. The van der Waals surface area contributed by atoms with E-state index in [1.54, 1.807) is 0 Å². The van der Waals surface area contributed by atoms with Crippen LogP contribution in [0.4, 0.5) is 0 Å². The van der Waals surface area contributed by atoms with E-state index in [1.807, 2.05) is 0 Å². The first-order chi connectivity index (χ1) is 6.67. The molecule has 0 aromatic rings. The van der Waals surface area contributed by atoms with Crippen LogP contribution in [0, 0.1) is 11.3 Å². The fraction of sp³-hybridized carbons (Fsp3) is 0.818. The lowest BCUT2D eigenvalue weighted by molar-refractivity contribution is -0.161. The van der Waals surface area contributed by atoms with Crippen molar-refractivity contribution in [1.82, 2.24) is 0 Å². The van der Waals surface area contributed by atoms with Crippen LogP contribution in [0.3, 0.4) is 0 Å². The normalized spacial score (nSPS) is 20.9. The van der Waals surface area contributed by atoms with Crippen molar-refractivity contribution in [3.05, 3.63) is 0 Å². The summed E-state index contributed by atoms with van der Waals surface area (Å²) in [7, 11) is 0. The van der Waals surface area contributed by atoms with Gasteiger partial charge in [0.1, 0.15) is 6.29 Å². The molecule has 1 N–H and O–H groups in total. The predicted molar refractivity (Wildman–Crippen MR) is 53.0 cm³/mol. The van der Waals surface area contributed by atoms with Crippen LogP contribution in [-0.4, -0.2) is 17.4 Å². The summed E-state index contributed by atoms with van der Waals surface area (Å²) in [6, 6.07) is 0. The lowest BCUT2D eigenvalue weighted by Crippen LogP contribution is -2.45. The SMILES string of the molecule is CCCCC(C=O)C1(C(=O)O)CCC1. The maximum atomic E-state index is 11.1. The van der Waals surface area contributed by atoms with Gasteiger partial charge in [0.25, 0.3) is 0 Å². The number of hydrogen-bond acceptors (Lipinski definition) is 2. The van der Waals surface area contributed by atoms with Gasteiger partial charge >= 0.3 is 5.97 Å². The summed E-state index contributed by atoms with van der Waals surface area (Å²) >= 11 is 0. The number of unbranched alkanes of at least 4 members (excludes halogenated alkanes) is 1. The summed E-state index contributed by atoms with van der Waals surface area (Å²) in [5.41, 5.74) is -0.711. The minimum atomic E-state index is -0.781. The van der Waals surface area contributed by atoms with Gasteiger partial charge in [0.15, 0.2) is 0 Å². The van der Waals surface area contributed by atoms with E-state index in [4.69, 9.17) is 5.11 Å². The molecule has 0 spiro atoms. The summed E-state index contributed by atoms with van der Waals surface area (Å²) in [4.78, 5) is 22.0. The second kappa shape index (κ2) is 4.58. The highest BCUT2D eigenvalue weighted by Crippen LogP contribution is 2.48. The van der Waals surface area contributed by atoms with Crippen LogP contribution in [0.15, 0.2) is 0 Å². The summed E-state index contributed by atoms with van der Waals surface area (Å²) in [6.07, 6.45) is 5.83. The van der Waals surface area contributed by atoms with E-state index < -0.39 is 11.4 Å². The van der Waals surface area contributed by atoms with Crippen LogP contribution in [0.1, 0.15) is 45.4 Å². The number of carboxylic acids is 1. The third-order valence-electron chi connectivity index (χ3n) is 3.41. The van der Waals surface area contributed by atoms with Gasteiger partial charge < -0.3 is 9.90 Å². The third-order valence-corrected chi connectivity index (χ3v) is 3.41. The van der Waals surface area contributed by atoms with Crippen LogP contribution < -0.4 is 0 Å². The first-order valence-electron chi connectivity index (χ1n) is 5.36. The number of hydrogen-bond donors (Lipinski definition) is 1. The zero-order valence-corrected chi connectivity index (χ0v) is 8.66. The Balaban J connectivity index is 2.64. The highest BCUT2D eigenvalue weighted by atomic mass is 16.4. The molecule has 3 heteroatoms. The summed E-state index contributed by atoms with van der Waals surface area (Å²) in [5, 5.41) is 9.13. The van der Waals surface area contributed by atoms with E-state index in [0.29, 0.717) is 12.8 Å². The number of rotatable bonds is 6. The van der Waals surface area contributed by atoms with E-state index in [0.717, 1.165) is 32.0 Å². The summed E-state index contributed by atoms with van der Waals surface area (Å²) in [5.74, 6) is -1.05. The molecule has 0 saturated heterocycles. The van der Waals surface area contributed by atoms with Gasteiger partial charge in [-0.15, -0.1) is 0 Å². The molecule has 0 aromatic heterocycles. The number of aliphatic carboxylic acids is 1. The Labute approximate surface area is 84.5 Å². The van der Waals surface area contributed by atoms with Gasteiger partial charge in [-0.1, -0.05) is 26.2 Å². The number of carboxylic acid groups (broad SMARTS) is 1. The van der Waals surface area contributed by atoms with Crippen molar-refractivity contribution in [2.75, 3.05) is 0 Å². The first kappa shape index (κ1) is 11.2. The first-order valence-corrected chi connectivity index (χ1v) is 5.36. The summed E-state index contributed by atoms with van der Waals surface area (Å²) < 4.78 is 0. The predicted octanol–water partition coefficient (Wildman–Crippen LogP) is 2.25. The van der Waals surface area contributed by atoms with Crippen molar-refractivity contribution in [3.8, 4) is 0 Å². The molecule has 80 valence electrons. The van der Waals surface area contributed by atoms with Gasteiger partial charge in [-0.2, -0.15) is 0 Å². The molecule has 0 aliphatic heterocycles. The van der Waals surface area contributed by atoms with E-state index >= 15 is 0 Å². The Morgan fingerprint density at radius 1 is 1.57 bits per heavy atom. The number of carbonyl (C=O) groups excluding carboxylic acids is 1. The van der Waals surface area contributed by atoms with E-state index in [1.165, 1.54) is 0 Å². The van der Waals surface area contributed by atoms with E-state index in [2.05, 4.69) is 6.92 Å². The van der Waals surface area contributed by atoms with E-state index in [-0.39, 0.29) is 5.92 Å². The van der Waals surface area contributed by atoms with Crippen molar-refractivity contribution in [2.24, 2.45) is 11.3 Å². The van der Waals surface area contributed by atoms with Crippen molar-refractivity contribution in [3.63, 3.8) is 0 Å². The number of carbonyl (C=O) groups is 2. The summed E-state index contributed by atoms with van der Waals surface area (Å²) in [6.45, 7) is 2.05. The monoisotopic (exact) mass is 198 g/mol. The van der Waals surface area contributed by atoms with Crippen LogP contribution in [0.25, 0.3) is 0 Å². The molecule has 0 bridgehead atoms. The standard InChI is InChI=1S/C11H18O3/c1-2-3-5-9(8-12)11(10(13)14)6-4-7-11/h8-9H,2-7H2,1H3,(H,13,14). The van der Waals surface area contributed by atoms with Crippen LogP contribution in [-0.2, 0) is 9.59 Å². The minimum absolute atomic E-state index is 0.270. The highest BCUT2D eigenvalue weighted by Gasteiger charge is 2.50. The molecule has 0 heterocycles. The fourth-order valence-electron chi connectivity index (χ4n) is 2.20. The van der Waals surface area contributed by atoms with Gasteiger partial charge in [0.2, 0.25) is 0 Å². The molecule has 1 aliphatic rings. The molecule has 1 unspecified atom stereocenters. The second-order valence-corrected chi connectivity index (χ2v) is 4.20. The molecule has 1 aliphatic carbocycles. The van der Waals surface area contributed by atoms with E-state index in [9.17, 15) is 9.59 Å². The Bertz CT molecular complexity index is 219. The van der Waals surface area contributed by atoms with Gasteiger partial charge in [0, 0.05) is 5.92 Å². The lowest BCUT2D eigenvalue weighted by atomic mass is 9.60. The quantitative estimate of drug-likeness (QED) is 0.666. The Hall–Kier alpha value is -0.860. The molecular formula is C11H18O3. The molecule has 1 atom stereocenters. The second-order valence-electron chi connectivity index (χ2n) is 4.20. The molecule has 0 radical (unpaired) electrons. The zero-order valence-electron chi connectivity index (χ0n) is 8.66. The van der Waals surface area contributed by atoms with Crippen molar-refractivity contribution in [2.45, 2.75) is 45.4 Å². The van der Waals surface area contributed by atoms with Crippen LogP contribution in [0.2, 0.25) is 0 Å². The van der Waals surface area contributed by atoms with Gasteiger partial charge in [-0.3, -0.25) is 4.79 Å². The average molecular weight is 198 g/mol. The highest BCUT2D eigenvalue weighted by molar-refractivity contribution is 5.80. The van der Waals surface area contributed by atoms with Gasteiger partial charge in [-0.25, -0.2) is 0 Å². The van der Waals surface area contributed by atoms with Crippen molar-refractivity contribution >= 4 is 12.3 Å². The Morgan fingerprint density at radius 3 is 2.50 bits per heavy atom. The molecule has 1 rings (SSSR count). The van der Waals surface area contributed by atoms with Crippen molar-refractivity contribution in [1.29, 1.82) is 0 Å². The fourth-order valence-corrected chi connectivity index (χ4v) is 2.20. The largest absolute Gasteiger partial charge is 0.481 e. The van der Waals surface area contributed by atoms with Crippen molar-refractivity contribution < 1.29 is 14.7 Å². The molecule has 1 saturated carbocycles. The molecular weight excluding hydrogens is 180 g/mol. The number of aldehydes is 1.